The second-order valence-corrected chi connectivity index (χ2v) is 8.04. The summed E-state index contributed by atoms with van der Waals surface area (Å²) in [6.07, 6.45) is 0. The fourth-order valence-electron chi connectivity index (χ4n) is 1.96. The molecule has 0 unspecified atom stereocenters. The topological polar surface area (TPSA) is 49.9 Å². The van der Waals surface area contributed by atoms with Crippen molar-refractivity contribution in [1.82, 2.24) is 0 Å². The van der Waals surface area contributed by atoms with Gasteiger partial charge in [-0.3, -0.25) is 0 Å². The predicted molar refractivity (Wildman–Crippen MR) is 82.2 cm³/mol. The predicted octanol–water partition coefficient (Wildman–Crippen LogP) is 2.42. The van der Waals surface area contributed by atoms with Gasteiger partial charge < -0.3 is 0 Å². The van der Waals surface area contributed by atoms with Crippen LogP contribution in [0.2, 0.25) is 0 Å². The molecule has 1 aromatic carbocycles. The van der Waals surface area contributed by atoms with E-state index in [1.807, 2.05) is 12.1 Å². The third kappa shape index (κ3) is 2.54. The van der Waals surface area contributed by atoms with Crippen LogP contribution in [0.3, 0.4) is 0 Å². The van der Waals surface area contributed by atoms with Crippen LogP contribution in [-0.4, -0.2) is 34.8 Å². The number of hydrogen-bond donors (Lipinski definition) is 2. The standard InChI is InChI=1S/C15H12N2Se2/c16-15(17)11-5-3-10(4-6-11)12-7-9-19-14(12)13-2-1-8-18-13/h1-9H,(H3,16,17). The Morgan fingerprint density at radius 1 is 0.947 bits per heavy atom. The average Bonchev–Trinajstić information content (AvgIpc) is 3.09. The third-order valence-corrected chi connectivity index (χ3v) is 7.42. The van der Waals surface area contributed by atoms with Gasteiger partial charge in [-0.2, -0.15) is 0 Å². The van der Waals surface area contributed by atoms with Crippen molar-refractivity contribution in [3.63, 3.8) is 0 Å². The van der Waals surface area contributed by atoms with E-state index in [0.717, 1.165) is 5.56 Å². The number of nitrogens with one attached hydrogen (secondary N) is 1. The minimum absolute atomic E-state index is 0.123. The van der Waals surface area contributed by atoms with Gasteiger partial charge in [0.25, 0.3) is 0 Å². The molecule has 0 spiro atoms. The molecule has 0 aliphatic rings. The molecule has 0 saturated heterocycles. The molecule has 0 radical (unpaired) electrons. The second-order valence-electron chi connectivity index (χ2n) is 4.13. The van der Waals surface area contributed by atoms with E-state index in [9.17, 15) is 0 Å². The van der Waals surface area contributed by atoms with Crippen LogP contribution < -0.4 is 5.73 Å². The van der Waals surface area contributed by atoms with Crippen LogP contribution in [0.25, 0.3) is 20.0 Å². The first-order valence-corrected chi connectivity index (χ1v) is 9.51. The molecule has 0 atom stereocenters. The molecule has 19 heavy (non-hydrogen) atoms. The number of rotatable bonds is 3. The van der Waals surface area contributed by atoms with Crippen molar-refractivity contribution in [1.29, 1.82) is 5.41 Å². The number of benzene rings is 1. The molecule has 0 saturated carbocycles. The quantitative estimate of drug-likeness (QED) is 0.411. The molecule has 4 heteroatoms. The first-order valence-electron chi connectivity index (χ1n) is 5.82. The molecular formula is C15H12N2Se2. The molecule has 0 bridgehead atoms. The van der Waals surface area contributed by atoms with Crippen LogP contribution in [0.4, 0.5) is 0 Å². The Bertz CT molecular complexity index is 694. The van der Waals surface area contributed by atoms with Crippen molar-refractivity contribution >= 4 is 34.8 Å². The average molecular weight is 378 g/mol. The summed E-state index contributed by atoms with van der Waals surface area (Å²) in [6, 6.07) is 14.6. The van der Waals surface area contributed by atoms with Crippen molar-refractivity contribution in [2.75, 3.05) is 0 Å². The molecule has 3 rings (SSSR count). The first kappa shape index (κ1) is 12.7. The molecule has 3 N–H and O–H groups in total. The van der Waals surface area contributed by atoms with Gasteiger partial charge in [-0.1, -0.05) is 0 Å². The number of nitrogen functional groups attached to an aromatic ring is 1. The van der Waals surface area contributed by atoms with Gasteiger partial charge in [0.2, 0.25) is 0 Å². The van der Waals surface area contributed by atoms with Gasteiger partial charge in [-0.05, 0) is 0 Å². The van der Waals surface area contributed by atoms with E-state index in [0.29, 0.717) is 29.0 Å². The van der Waals surface area contributed by atoms with Gasteiger partial charge in [0.05, 0.1) is 0 Å². The zero-order valence-corrected chi connectivity index (χ0v) is 13.5. The van der Waals surface area contributed by atoms with Crippen LogP contribution in [-0.2, 0) is 0 Å². The Hall–Kier alpha value is -1.31. The summed E-state index contributed by atoms with van der Waals surface area (Å²) >= 11 is 0.946. The zero-order chi connectivity index (χ0) is 13.2. The van der Waals surface area contributed by atoms with Gasteiger partial charge >= 0.3 is 124 Å². The molecule has 2 heterocycles. The Labute approximate surface area is 123 Å². The molecule has 2 nitrogen and oxygen atoms in total. The fraction of sp³-hybridized carbons (Fsp3) is 0. The maximum absolute atomic E-state index is 7.43. The van der Waals surface area contributed by atoms with E-state index < -0.39 is 0 Å². The van der Waals surface area contributed by atoms with E-state index in [4.69, 9.17) is 11.1 Å². The molecule has 94 valence electrons. The van der Waals surface area contributed by atoms with Gasteiger partial charge in [0.15, 0.2) is 0 Å². The minimum atomic E-state index is 0.123. The summed E-state index contributed by atoms with van der Waals surface area (Å²) in [7, 11) is 0. The Morgan fingerprint density at radius 2 is 1.74 bits per heavy atom. The van der Waals surface area contributed by atoms with Crippen LogP contribution in [0.1, 0.15) is 5.56 Å². The van der Waals surface area contributed by atoms with E-state index in [-0.39, 0.29) is 5.84 Å². The van der Waals surface area contributed by atoms with E-state index in [1.165, 1.54) is 20.0 Å². The molecule has 0 fully saturated rings. The van der Waals surface area contributed by atoms with Gasteiger partial charge in [0.1, 0.15) is 0 Å². The fourth-order valence-corrected chi connectivity index (χ4v) is 6.19. The zero-order valence-electron chi connectivity index (χ0n) is 10.1. The Kier molecular flexibility index (Phi) is 3.58. The molecule has 0 amide bonds. The van der Waals surface area contributed by atoms with Crippen LogP contribution in [0, 0.1) is 5.41 Å². The van der Waals surface area contributed by atoms with Crippen LogP contribution in [0.5, 0.6) is 0 Å². The molecule has 2 aromatic heterocycles. The van der Waals surface area contributed by atoms with Crippen molar-refractivity contribution in [3.05, 3.63) is 57.9 Å². The monoisotopic (exact) mass is 380 g/mol. The Balaban J connectivity index is 2.03. The SMILES string of the molecule is N=C(N)c1ccc(-c2cc[se]c2-c2ccc[se]2)cc1. The van der Waals surface area contributed by atoms with Gasteiger partial charge in [-0.25, -0.2) is 0 Å². The van der Waals surface area contributed by atoms with E-state index in [1.54, 1.807) is 0 Å². The normalized spacial score (nSPS) is 10.5. The molecule has 3 aromatic rings. The molecular weight excluding hydrogens is 366 g/mol. The van der Waals surface area contributed by atoms with Crippen LogP contribution >= 0.6 is 0 Å². The summed E-state index contributed by atoms with van der Waals surface area (Å²) in [4.78, 5) is 4.55. The second kappa shape index (κ2) is 5.36. The van der Waals surface area contributed by atoms with Crippen molar-refractivity contribution in [3.8, 4) is 20.0 Å². The summed E-state index contributed by atoms with van der Waals surface area (Å²) in [5, 5.41) is 7.43. The van der Waals surface area contributed by atoms with Gasteiger partial charge in [-0.15, -0.1) is 0 Å². The maximum atomic E-state index is 7.43. The number of amidine groups is 1. The van der Waals surface area contributed by atoms with Crippen molar-refractivity contribution in [2.24, 2.45) is 5.73 Å². The van der Waals surface area contributed by atoms with E-state index >= 15 is 0 Å². The third-order valence-electron chi connectivity index (χ3n) is 2.92. The van der Waals surface area contributed by atoms with E-state index in [2.05, 4.69) is 40.2 Å². The first-order chi connectivity index (χ1) is 9.25. The summed E-state index contributed by atoms with van der Waals surface area (Å²) < 4.78 is 3.01. The molecule has 0 aliphatic carbocycles. The Morgan fingerprint density at radius 3 is 2.37 bits per heavy atom. The summed E-state index contributed by atoms with van der Waals surface area (Å²) in [6.45, 7) is 0. The number of nitrogens with two attached hydrogens (primary N) is 1. The van der Waals surface area contributed by atoms with Crippen LogP contribution in [0.15, 0.2) is 52.3 Å². The van der Waals surface area contributed by atoms with Gasteiger partial charge in [0, 0.05) is 0 Å². The number of hydrogen-bond acceptors (Lipinski definition) is 1. The molecule has 0 aliphatic heterocycles. The summed E-state index contributed by atoms with van der Waals surface area (Å²) in [5.74, 6) is 0.123. The van der Waals surface area contributed by atoms with Crippen molar-refractivity contribution in [2.45, 2.75) is 0 Å². The van der Waals surface area contributed by atoms with Crippen molar-refractivity contribution < 1.29 is 0 Å². The summed E-state index contributed by atoms with van der Waals surface area (Å²) in [5.41, 5.74) is 8.83.